The number of rotatable bonds is 5. The third-order valence-corrected chi connectivity index (χ3v) is 5.44. The number of hydrogen-bond donors (Lipinski definition) is 2. The predicted octanol–water partition coefficient (Wildman–Crippen LogP) is 3.61. The Morgan fingerprint density at radius 1 is 1.09 bits per heavy atom. The van der Waals surface area contributed by atoms with Gasteiger partial charge in [0.25, 0.3) is 5.91 Å². The number of anilines is 1. The maximum atomic E-state index is 13.1. The average molecular weight is 471 g/mol. The van der Waals surface area contributed by atoms with E-state index in [-0.39, 0.29) is 11.5 Å². The van der Waals surface area contributed by atoms with Gasteiger partial charge in [-0.1, -0.05) is 36.4 Å². The van der Waals surface area contributed by atoms with Gasteiger partial charge in [0.2, 0.25) is 5.91 Å². The molecule has 8 nitrogen and oxygen atoms in total. The third kappa shape index (κ3) is 4.24. The zero-order valence-corrected chi connectivity index (χ0v) is 18.2. The molecule has 2 heterocycles. The molecule has 11 heteroatoms. The highest BCUT2D eigenvalue weighted by molar-refractivity contribution is 6.10. The maximum absolute atomic E-state index is 13.1. The topological polar surface area (TPSA) is 96.3 Å². The number of aryl methyl sites for hydroxylation is 1. The van der Waals surface area contributed by atoms with Crippen LogP contribution in [0.15, 0.2) is 60.7 Å². The van der Waals surface area contributed by atoms with Gasteiger partial charge < -0.3 is 10.6 Å². The Balaban J connectivity index is 1.54. The molecule has 0 spiro atoms. The van der Waals surface area contributed by atoms with Gasteiger partial charge in [-0.15, -0.1) is 0 Å². The van der Waals surface area contributed by atoms with Gasteiger partial charge in [-0.2, -0.15) is 18.3 Å². The van der Waals surface area contributed by atoms with Crippen LogP contribution in [0.1, 0.15) is 23.7 Å². The lowest BCUT2D eigenvalue weighted by molar-refractivity contribution is -0.137. The molecular weight excluding hydrogens is 451 g/mol. The van der Waals surface area contributed by atoms with E-state index < -0.39 is 41.7 Å². The smallest absolute Gasteiger partial charge is 0.319 e. The van der Waals surface area contributed by atoms with Crippen molar-refractivity contribution in [2.75, 3.05) is 11.9 Å². The summed E-state index contributed by atoms with van der Waals surface area (Å²) in [6.07, 6.45) is -4.55. The molecule has 1 aliphatic rings. The fraction of sp³-hybridized carbons (Fsp3) is 0.217. The molecule has 1 unspecified atom stereocenters. The average Bonchev–Trinajstić information content (AvgIpc) is 3.26. The van der Waals surface area contributed by atoms with Crippen LogP contribution >= 0.6 is 0 Å². The Kier molecular flexibility index (Phi) is 5.64. The van der Waals surface area contributed by atoms with Gasteiger partial charge in [0.1, 0.15) is 17.9 Å². The summed E-state index contributed by atoms with van der Waals surface area (Å²) in [5.41, 5.74) is -1.09. The molecule has 0 aliphatic carbocycles. The van der Waals surface area contributed by atoms with Crippen LogP contribution in [0, 0.1) is 6.92 Å². The van der Waals surface area contributed by atoms with Crippen molar-refractivity contribution in [1.82, 2.24) is 20.0 Å². The van der Waals surface area contributed by atoms with Crippen LogP contribution in [0.3, 0.4) is 0 Å². The van der Waals surface area contributed by atoms with Crippen molar-refractivity contribution in [2.45, 2.75) is 25.6 Å². The van der Waals surface area contributed by atoms with Crippen LogP contribution in [0.4, 0.5) is 23.8 Å². The first kappa shape index (κ1) is 23.0. The molecule has 1 aliphatic heterocycles. The van der Waals surface area contributed by atoms with Gasteiger partial charge in [-0.25, -0.2) is 9.48 Å². The number of halogens is 3. The molecule has 34 heavy (non-hydrogen) atoms. The molecule has 4 amide bonds. The van der Waals surface area contributed by atoms with Crippen molar-refractivity contribution in [3.8, 4) is 5.69 Å². The predicted molar refractivity (Wildman–Crippen MR) is 116 cm³/mol. The van der Waals surface area contributed by atoms with E-state index in [9.17, 15) is 27.6 Å². The fourth-order valence-corrected chi connectivity index (χ4v) is 3.73. The number of imide groups is 1. The molecule has 1 aromatic heterocycles. The van der Waals surface area contributed by atoms with Gasteiger partial charge in [0, 0.05) is 6.07 Å². The summed E-state index contributed by atoms with van der Waals surface area (Å²) in [5, 5.41) is 9.30. The summed E-state index contributed by atoms with van der Waals surface area (Å²) < 4.78 is 40.5. The molecule has 1 fully saturated rings. The highest BCUT2D eigenvalue weighted by Gasteiger charge is 2.49. The van der Waals surface area contributed by atoms with Gasteiger partial charge in [0.15, 0.2) is 0 Å². The van der Waals surface area contributed by atoms with E-state index in [4.69, 9.17) is 0 Å². The number of carbonyl (C=O) groups excluding carboxylic acids is 3. The Bertz CT molecular complexity index is 1270. The van der Waals surface area contributed by atoms with E-state index in [1.807, 2.05) is 0 Å². The molecule has 2 N–H and O–H groups in total. The molecule has 4 rings (SSSR count). The molecular formula is C23H20F3N5O3. The Labute approximate surface area is 192 Å². The van der Waals surface area contributed by atoms with E-state index in [0.717, 1.165) is 21.7 Å². The van der Waals surface area contributed by atoms with Gasteiger partial charge >= 0.3 is 12.2 Å². The van der Waals surface area contributed by atoms with Crippen LogP contribution in [0.2, 0.25) is 0 Å². The minimum atomic E-state index is -4.55. The number of nitrogens with zero attached hydrogens (tertiary/aromatic N) is 3. The standard InChI is InChI=1S/C23H20F3N5O3/c1-14-11-18(31(29-14)17-10-6-9-16(12-17)23(24,25)26)27-19(32)13-30-20(33)22(2,28-21(30)34)15-7-4-3-5-8-15/h3-12H,13H2,1-2H3,(H,27,32)(H,28,34). The molecule has 1 saturated heterocycles. The molecule has 0 saturated carbocycles. The summed E-state index contributed by atoms with van der Waals surface area (Å²) in [5.74, 6) is -1.21. The third-order valence-electron chi connectivity index (χ3n) is 5.44. The Morgan fingerprint density at radius 2 is 1.79 bits per heavy atom. The number of amides is 4. The summed E-state index contributed by atoms with van der Waals surface area (Å²) in [4.78, 5) is 39.0. The maximum Gasteiger partial charge on any atom is 0.416 e. The largest absolute Gasteiger partial charge is 0.416 e. The van der Waals surface area contributed by atoms with Gasteiger partial charge in [-0.3, -0.25) is 14.5 Å². The van der Waals surface area contributed by atoms with Crippen molar-refractivity contribution in [3.63, 3.8) is 0 Å². The van der Waals surface area contributed by atoms with Crippen LogP contribution in [-0.4, -0.2) is 39.1 Å². The van der Waals surface area contributed by atoms with E-state index in [2.05, 4.69) is 15.7 Å². The van der Waals surface area contributed by atoms with E-state index in [0.29, 0.717) is 11.3 Å². The minimum absolute atomic E-state index is 0.0878. The van der Waals surface area contributed by atoms with Crippen LogP contribution in [0.5, 0.6) is 0 Å². The second-order valence-corrected chi connectivity index (χ2v) is 7.99. The zero-order valence-electron chi connectivity index (χ0n) is 18.2. The summed E-state index contributed by atoms with van der Waals surface area (Å²) in [6, 6.07) is 13.8. The number of hydrogen-bond acceptors (Lipinski definition) is 4. The van der Waals surface area contributed by atoms with Crippen LogP contribution in [0.25, 0.3) is 5.69 Å². The zero-order chi connectivity index (χ0) is 24.7. The highest BCUT2D eigenvalue weighted by atomic mass is 19.4. The second kappa shape index (κ2) is 8.32. The molecule has 176 valence electrons. The first-order chi connectivity index (χ1) is 16.0. The molecule has 0 bridgehead atoms. The van der Waals surface area contributed by atoms with E-state index in [1.165, 1.54) is 18.2 Å². The summed E-state index contributed by atoms with van der Waals surface area (Å²) in [6.45, 7) is 2.58. The van der Waals surface area contributed by atoms with E-state index >= 15 is 0 Å². The normalized spacial score (nSPS) is 18.2. The SMILES string of the molecule is Cc1cc(NC(=O)CN2C(=O)NC(C)(c3ccccc3)C2=O)n(-c2cccc(C(F)(F)F)c2)n1. The molecule has 0 radical (unpaired) electrons. The van der Waals surface area contributed by atoms with Crippen molar-refractivity contribution in [1.29, 1.82) is 0 Å². The van der Waals surface area contributed by atoms with Crippen molar-refractivity contribution >= 4 is 23.7 Å². The van der Waals surface area contributed by atoms with Crippen LogP contribution in [-0.2, 0) is 21.3 Å². The number of benzene rings is 2. The number of aromatic nitrogens is 2. The number of alkyl halides is 3. The summed E-state index contributed by atoms with van der Waals surface area (Å²) in [7, 11) is 0. The molecule has 3 aromatic rings. The monoisotopic (exact) mass is 471 g/mol. The fourth-order valence-electron chi connectivity index (χ4n) is 3.73. The number of nitrogens with one attached hydrogen (secondary N) is 2. The minimum Gasteiger partial charge on any atom is -0.319 e. The number of urea groups is 1. The van der Waals surface area contributed by atoms with Crippen molar-refractivity contribution < 1.29 is 27.6 Å². The lowest BCUT2D eigenvalue weighted by atomic mass is 9.92. The first-order valence-electron chi connectivity index (χ1n) is 10.2. The lowest BCUT2D eigenvalue weighted by Crippen LogP contribution is -2.42. The van der Waals surface area contributed by atoms with Crippen LogP contribution < -0.4 is 10.6 Å². The molecule has 1 atom stereocenters. The van der Waals surface area contributed by atoms with Crippen molar-refractivity contribution in [2.24, 2.45) is 0 Å². The highest BCUT2D eigenvalue weighted by Crippen LogP contribution is 2.31. The first-order valence-corrected chi connectivity index (χ1v) is 10.2. The number of carbonyl (C=O) groups is 3. The van der Waals surface area contributed by atoms with E-state index in [1.54, 1.807) is 44.2 Å². The Morgan fingerprint density at radius 3 is 2.47 bits per heavy atom. The lowest BCUT2D eigenvalue weighted by Gasteiger charge is -2.22. The molecule has 2 aromatic carbocycles. The summed E-state index contributed by atoms with van der Waals surface area (Å²) >= 11 is 0. The van der Waals surface area contributed by atoms with Gasteiger partial charge in [-0.05, 0) is 37.6 Å². The Hall–Kier alpha value is -4.15. The quantitative estimate of drug-likeness (QED) is 0.556. The van der Waals surface area contributed by atoms with Crippen molar-refractivity contribution in [3.05, 3.63) is 77.5 Å². The second-order valence-electron chi connectivity index (χ2n) is 7.99. The van der Waals surface area contributed by atoms with Gasteiger partial charge in [0.05, 0.1) is 16.9 Å².